The van der Waals surface area contributed by atoms with Gasteiger partial charge in [0.25, 0.3) is 0 Å². The van der Waals surface area contributed by atoms with E-state index in [0.29, 0.717) is 11.1 Å². The average Bonchev–Trinajstić information content (AvgIpc) is 2.40. The molecule has 0 saturated carbocycles. The molecule has 0 unspecified atom stereocenters. The average molecular weight is 315 g/mol. The summed E-state index contributed by atoms with van der Waals surface area (Å²) in [4.78, 5) is -1.04. The Morgan fingerprint density at radius 2 is 1.62 bits per heavy atom. The number of rotatable bonds is 4. The Hall–Kier alpha value is -1.86. The van der Waals surface area contributed by atoms with Crippen molar-refractivity contribution in [3.8, 4) is 0 Å². The summed E-state index contributed by atoms with van der Waals surface area (Å²) in [5.41, 5.74) is 0.764. The highest BCUT2D eigenvalue weighted by molar-refractivity contribution is 7.89. The van der Waals surface area contributed by atoms with Crippen LogP contribution in [0, 0.1) is 24.4 Å². The summed E-state index contributed by atoms with van der Waals surface area (Å²) in [5.74, 6) is -2.85. The van der Waals surface area contributed by atoms with E-state index in [1.165, 1.54) is 12.1 Å². The van der Waals surface area contributed by atoms with Gasteiger partial charge in [-0.3, -0.25) is 0 Å². The predicted octanol–water partition coefficient (Wildman–Crippen LogP) is 2.89. The SMILES string of the molecule is Cc1ccc(CNS(=O)(=O)c2c(F)cccc2F)cc1F. The zero-order valence-corrected chi connectivity index (χ0v) is 11.8. The Labute approximate surface area is 120 Å². The summed E-state index contributed by atoms with van der Waals surface area (Å²) in [6, 6.07) is 6.95. The molecule has 2 aromatic carbocycles. The normalized spacial score (nSPS) is 11.6. The molecule has 0 atom stereocenters. The number of hydrogen-bond donors (Lipinski definition) is 1. The molecular formula is C14H12F3NO2S. The van der Waals surface area contributed by atoms with Gasteiger partial charge in [0.15, 0.2) is 4.90 Å². The summed E-state index contributed by atoms with van der Waals surface area (Å²) in [7, 11) is -4.37. The second-order valence-corrected chi connectivity index (χ2v) is 6.16. The number of nitrogens with one attached hydrogen (secondary N) is 1. The van der Waals surface area contributed by atoms with Gasteiger partial charge in [0.1, 0.15) is 17.5 Å². The van der Waals surface area contributed by atoms with Crippen LogP contribution >= 0.6 is 0 Å². The quantitative estimate of drug-likeness (QED) is 0.943. The molecule has 21 heavy (non-hydrogen) atoms. The lowest BCUT2D eigenvalue weighted by Crippen LogP contribution is -2.25. The fraction of sp³-hybridized carbons (Fsp3) is 0.143. The first-order valence-electron chi connectivity index (χ1n) is 6.00. The van der Waals surface area contributed by atoms with Gasteiger partial charge < -0.3 is 0 Å². The van der Waals surface area contributed by atoms with Crippen molar-refractivity contribution in [3.05, 3.63) is 65.0 Å². The third-order valence-electron chi connectivity index (χ3n) is 2.89. The molecule has 2 rings (SSSR count). The van der Waals surface area contributed by atoms with Crippen molar-refractivity contribution in [1.82, 2.24) is 4.72 Å². The van der Waals surface area contributed by atoms with Crippen molar-refractivity contribution < 1.29 is 21.6 Å². The summed E-state index contributed by atoms with van der Waals surface area (Å²) in [6.07, 6.45) is 0. The number of halogens is 3. The second kappa shape index (κ2) is 5.87. The van der Waals surface area contributed by atoms with Crippen LogP contribution in [0.25, 0.3) is 0 Å². The van der Waals surface area contributed by atoms with E-state index in [0.717, 1.165) is 24.3 Å². The molecule has 7 heteroatoms. The summed E-state index contributed by atoms with van der Waals surface area (Å²) < 4.78 is 66.2. The van der Waals surface area contributed by atoms with Gasteiger partial charge in [0, 0.05) is 6.54 Å². The Morgan fingerprint density at radius 3 is 2.19 bits per heavy atom. The number of hydrogen-bond acceptors (Lipinski definition) is 2. The molecule has 0 spiro atoms. The van der Waals surface area contributed by atoms with Crippen molar-refractivity contribution in [3.63, 3.8) is 0 Å². The lowest BCUT2D eigenvalue weighted by atomic mass is 10.1. The van der Waals surface area contributed by atoms with E-state index < -0.39 is 32.4 Å². The van der Waals surface area contributed by atoms with Crippen LogP contribution in [0.3, 0.4) is 0 Å². The van der Waals surface area contributed by atoms with Gasteiger partial charge in [-0.05, 0) is 36.2 Å². The molecule has 0 aromatic heterocycles. The van der Waals surface area contributed by atoms with Crippen LogP contribution in [0.5, 0.6) is 0 Å². The lowest BCUT2D eigenvalue weighted by molar-refractivity contribution is 0.513. The van der Waals surface area contributed by atoms with Crippen LogP contribution in [0.1, 0.15) is 11.1 Å². The number of sulfonamides is 1. The monoisotopic (exact) mass is 315 g/mol. The summed E-state index contributed by atoms with van der Waals surface area (Å²) >= 11 is 0. The van der Waals surface area contributed by atoms with Gasteiger partial charge in [0.05, 0.1) is 0 Å². The number of aryl methyl sites for hydroxylation is 1. The van der Waals surface area contributed by atoms with Crippen LogP contribution in [0.15, 0.2) is 41.3 Å². The smallest absolute Gasteiger partial charge is 0.207 e. The minimum Gasteiger partial charge on any atom is -0.207 e. The maximum atomic E-state index is 13.5. The maximum absolute atomic E-state index is 13.5. The van der Waals surface area contributed by atoms with Crippen molar-refractivity contribution in [2.45, 2.75) is 18.4 Å². The van der Waals surface area contributed by atoms with Crippen LogP contribution < -0.4 is 4.72 Å². The molecular weight excluding hydrogens is 303 g/mol. The largest absolute Gasteiger partial charge is 0.246 e. The summed E-state index contributed by atoms with van der Waals surface area (Å²) in [6.45, 7) is 1.30. The van der Waals surface area contributed by atoms with Gasteiger partial charge in [0.2, 0.25) is 10.0 Å². The zero-order chi connectivity index (χ0) is 15.6. The molecule has 0 radical (unpaired) electrons. The fourth-order valence-electron chi connectivity index (χ4n) is 1.74. The Kier molecular flexibility index (Phi) is 4.34. The molecule has 0 heterocycles. The second-order valence-electron chi connectivity index (χ2n) is 4.46. The van der Waals surface area contributed by atoms with Crippen LogP contribution in [-0.4, -0.2) is 8.42 Å². The van der Waals surface area contributed by atoms with E-state index >= 15 is 0 Å². The zero-order valence-electron chi connectivity index (χ0n) is 11.0. The molecule has 0 saturated heterocycles. The Bertz CT molecular complexity index is 756. The first kappa shape index (κ1) is 15.5. The van der Waals surface area contributed by atoms with Crippen molar-refractivity contribution in [1.29, 1.82) is 0 Å². The third-order valence-corrected chi connectivity index (χ3v) is 4.34. The topological polar surface area (TPSA) is 46.2 Å². The summed E-state index contributed by atoms with van der Waals surface area (Å²) in [5, 5.41) is 0. The van der Waals surface area contributed by atoms with Gasteiger partial charge in [-0.2, -0.15) is 0 Å². The van der Waals surface area contributed by atoms with Crippen molar-refractivity contribution in [2.75, 3.05) is 0 Å². The molecule has 0 aliphatic rings. The molecule has 2 aromatic rings. The molecule has 0 aliphatic carbocycles. The van der Waals surface area contributed by atoms with Gasteiger partial charge in [-0.25, -0.2) is 26.3 Å². The fourth-order valence-corrected chi connectivity index (χ4v) is 2.89. The van der Waals surface area contributed by atoms with Crippen molar-refractivity contribution >= 4 is 10.0 Å². The molecule has 0 fully saturated rings. The minimum atomic E-state index is -4.37. The lowest BCUT2D eigenvalue weighted by Gasteiger charge is -2.09. The van der Waals surface area contributed by atoms with Gasteiger partial charge in [-0.15, -0.1) is 0 Å². The van der Waals surface area contributed by atoms with E-state index in [1.54, 1.807) is 6.92 Å². The van der Waals surface area contributed by atoms with Crippen LogP contribution in [0.4, 0.5) is 13.2 Å². The molecule has 1 N–H and O–H groups in total. The maximum Gasteiger partial charge on any atom is 0.246 e. The minimum absolute atomic E-state index is 0.271. The van der Waals surface area contributed by atoms with Crippen LogP contribution in [-0.2, 0) is 16.6 Å². The third kappa shape index (κ3) is 3.43. The molecule has 0 amide bonds. The molecule has 0 aliphatic heterocycles. The van der Waals surface area contributed by atoms with E-state index in [-0.39, 0.29) is 6.54 Å². The highest BCUT2D eigenvalue weighted by atomic mass is 32.2. The van der Waals surface area contributed by atoms with Gasteiger partial charge >= 0.3 is 0 Å². The van der Waals surface area contributed by atoms with E-state index in [4.69, 9.17) is 0 Å². The van der Waals surface area contributed by atoms with Crippen molar-refractivity contribution in [2.24, 2.45) is 0 Å². The first-order chi connectivity index (χ1) is 9.81. The molecule has 0 bridgehead atoms. The highest BCUT2D eigenvalue weighted by Crippen LogP contribution is 2.18. The Morgan fingerprint density at radius 1 is 1.00 bits per heavy atom. The van der Waals surface area contributed by atoms with E-state index in [9.17, 15) is 21.6 Å². The molecule has 112 valence electrons. The first-order valence-corrected chi connectivity index (χ1v) is 7.48. The standard InChI is InChI=1S/C14H12F3NO2S/c1-9-5-6-10(7-13(9)17)8-18-21(19,20)14-11(15)3-2-4-12(14)16/h2-7,18H,8H2,1H3. The van der Waals surface area contributed by atoms with E-state index in [2.05, 4.69) is 0 Å². The van der Waals surface area contributed by atoms with Crippen LogP contribution in [0.2, 0.25) is 0 Å². The van der Waals surface area contributed by atoms with Gasteiger partial charge in [-0.1, -0.05) is 18.2 Å². The highest BCUT2D eigenvalue weighted by Gasteiger charge is 2.23. The van der Waals surface area contributed by atoms with E-state index in [1.807, 2.05) is 4.72 Å². The Balaban J connectivity index is 2.24. The molecule has 3 nitrogen and oxygen atoms in total. The predicted molar refractivity (Wildman–Crippen MR) is 71.5 cm³/mol. The number of benzene rings is 2.